The number of anilines is 1. The summed E-state index contributed by atoms with van der Waals surface area (Å²) in [5.41, 5.74) is 3.99. The number of benzene rings is 3. The molecule has 3 N–H and O–H groups in total. The van der Waals surface area contributed by atoms with E-state index in [1.54, 1.807) is 34.8 Å². The molecule has 3 unspecified atom stereocenters. The van der Waals surface area contributed by atoms with Crippen molar-refractivity contribution in [3.8, 4) is 28.7 Å². The fourth-order valence-electron chi connectivity index (χ4n) is 5.53. The van der Waals surface area contributed by atoms with E-state index in [-0.39, 0.29) is 17.8 Å². The van der Waals surface area contributed by atoms with Crippen molar-refractivity contribution in [2.45, 2.75) is 98.4 Å². The maximum atomic E-state index is 13.4. The average molecular weight is 795 g/mol. The number of H-pyrrole nitrogens is 1. The average Bonchev–Trinajstić information content (AvgIpc) is 3.74. The Morgan fingerprint density at radius 3 is 2.11 bits per heavy atom. The molecule has 5 rings (SSSR count). The van der Waals surface area contributed by atoms with E-state index in [0.29, 0.717) is 47.6 Å². The summed E-state index contributed by atoms with van der Waals surface area (Å²) in [7, 11) is 0. The third kappa shape index (κ3) is 12.5. The number of fused-ring (bicyclic) bond motifs is 1. The van der Waals surface area contributed by atoms with Gasteiger partial charge in [-0.1, -0.05) is 83.6 Å². The maximum absolute atomic E-state index is 13.4. The zero-order valence-corrected chi connectivity index (χ0v) is 34.4. The normalized spacial score (nSPS) is 13.3. The van der Waals surface area contributed by atoms with Crippen molar-refractivity contribution < 1.29 is 31.0 Å². The van der Waals surface area contributed by atoms with Gasteiger partial charge in [-0.15, -0.1) is 10.2 Å². The summed E-state index contributed by atoms with van der Waals surface area (Å²) < 4.78 is 63.9. The second-order valence-corrected chi connectivity index (χ2v) is 16.2. The van der Waals surface area contributed by atoms with E-state index in [1.165, 1.54) is 19.3 Å². The van der Waals surface area contributed by atoms with Gasteiger partial charge in [0.15, 0.2) is 34.5 Å². The van der Waals surface area contributed by atoms with Crippen LogP contribution in [0.5, 0.6) is 28.7 Å². The molecule has 13 nitrogen and oxygen atoms in total. The molecule has 0 radical (unpaired) electrons. The van der Waals surface area contributed by atoms with Gasteiger partial charge < -0.3 is 22.6 Å². The van der Waals surface area contributed by atoms with Crippen LogP contribution in [0.2, 0.25) is 0 Å². The van der Waals surface area contributed by atoms with E-state index < -0.39 is 28.6 Å². The number of ether oxygens (including phenoxy) is 3. The van der Waals surface area contributed by atoms with Crippen LogP contribution in [0.15, 0.2) is 66.7 Å². The highest BCUT2D eigenvalue weighted by molar-refractivity contribution is 7.82. The highest BCUT2D eigenvalue weighted by Gasteiger charge is 2.23. The second-order valence-electron chi connectivity index (χ2n) is 14.5. The summed E-state index contributed by atoms with van der Waals surface area (Å²) in [6.07, 6.45) is 6.66. The maximum Gasteiger partial charge on any atom is 0.316 e. The molecule has 2 aromatic heterocycles. The molecular weight excluding hydrogens is 741 g/mol. The molecule has 0 saturated carbocycles. The number of nitrogens with zero attached hydrogens (tertiary/aromatic N) is 3. The molecule has 3 atom stereocenters. The molecule has 0 aliphatic rings. The van der Waals surface area contributed by atoms with Crippen LogP contribution in [-0.4, -0.2) is 48.0 Å². The quantitative estimate of drug-likeness (QED) is 0.0586. The van der Waals surface area contributed by atoms with Gasteiger partial charge >= 0.3 is 11.3 Å². The highest BCUT2D eigenvalue weighted by Crippen LogP contribution is 2.33. The van der Waals surface area contributed by atoms with Gasteiger partial charge in [-0.05, 0) is 69.2 Å². The predicted octanol–water partition coefficient (Wildman–Crippen LogP) is 8.55. The number of nitrogens with one attached hydrogen (secondary N) is 3. The monoisotopic (exact) mass is 794 g/mol. The molecule has 0 bridgehead atoms. The molecule has 298 valence electrons. The van der Waals surface area contributed by atoms with Gasteiger partial charge in [0.05, 0.1) is 18.3 Å². The van der Waals surface area contributed by atoms with Crippen LogP contribution < -0.4 is 32.0 Å². The molecule has 0 aliphatic heterocycles. The van der Waals surface area contributed by atoms with E-state index in [0.717, 1.165) is 41.8 Å². The van der Waals surface area contributed by atoms with Crippen LogP contribution >= 0.6 is 0 Å². The van der Waals surface area contributed by atoms with Gasteiger partial charge in [-0.25, -0.2) is 4.52 Å². The molecule has 0 amide bonds. The van der Waals surface area contributed by atoms with E-state index in [4.69, 9.17) is 22.6 Å². The van der Waals surface area contributed by atoms with Gasteiger partial charge in [-0.3, -0.25) is 9.82 Å². The Hall–Kier alpha value is -4.60. The number of aromatic amines is 1. The fourth-order valence-corrected chi connectivity index (χ4v) is 6.92. The Morgan fingerprint density at radius 2 is 1.36 bits per heavy atom. The Bertz CT molecular complexity index is 2030. The zero-order chi connectivity index (χ0) is 39.4. The van der Waals surface area contributed by atoms with Crippen molar-refractivity contribution in [1.29, 1.82) is 0 Å². The van der Waals surface area contributed by atoms with Crippen molar-refractivity contribution in [3.63, 3.8) is 0 Å². The lowest BCUT2D eigenvalue weighted by Crippen LogP contribution is -2.27. The molecule has 15 heteroatoms. The lowest BCUT2D eigenvalue weighted by atomic mass is 9.93. The fraction of sp³-hybridized carbons (Fsp3) is 0.450. The summed E-state index contributed by atoms with van der Waals surface area (Å²) >= 11 is -4.06. The molecular formula is C40H54N6O7S2. The number of aryl methyl sites for hydroxylation is 2. The predicted molar refractivity (Wildman–Crippen MR) is 217 cm³/mol. The van der Waals surface area contributed by atoms with Crippen LogP contribution in [0.4, 0.5) is 5.69 Å². The lowest BCUT2D eigenvalue weighted by molar-refractivity contribution is 0.214. The number of hydrogen-bond donors (Lipinski definition) is 3. The van der Waals surface area contributed by atoms with Crippen molar-refractivity contribution >= 4 is 33.9 Å². The van der Waals surface area contributed by atoms with Gasteiger partial charge in [0, 0.05) is 23.2 Å². The minimum absolute atomic E-state index is 0.117. The molecule has 5 aromatic rings. The molecule has 0 saturated heterocycles. The minimum Gasteiger partial charge on any atom is -0.490 e. The molecule has 2 heterocycles. The summed E-state index contributed by atoms with van der Waals surface area (Å²) in [6, 6.07) is 19.6. The summed E-state index contributed by atoms with van der Waals surface area (Å²) in [4.78, 5) is 0. The van der Waals surface area contributed by atoms with Crippen molar-refractivity contribution in [2.24, 2.45) is 0 Å². The van der Waals surface area contributed by atoms with E-state index in [2.05, 4.69) is 52.4 Å². The zero-order valence-electron chi connectivity index (χ0n) is 32.8. The number of unbranched alkanes of at least 4 members (excludes halogenated alkanes) is 5. The first-order valence-corrected chi connectivity index (χ1v) is 20.9. The van der Waals surface area contributed by atoms with Crippen molar-refractivity contribution in [2.75, 3.05) is 24.5 Å². The first-order chi connectivity index (χ1) is 26.4. The van der Waals surface area contributed by atoms with Crippen LogP contribution in [0.3, 0.4) is 0 Å². The molecule has 55 heavy (non-hydrogen) atoms. The van der Waals surface area contributed by atoms with Gasteiger partial charge in [0.2, 0.25) is 0 Å². The third-order valence-corrected chi connectivity index (χ3v) is 10.3. The SMILES string of the molecule is CCCCCCCCOc1ccc(NS(=O)Oc2cc(C)ccc2OCCOc2ccc(C)cc2)cc1OS(=O)NC(C)c1nnc2cc(C(C)(C)C)[nH]n12. The van der Waals surface area contributed by atoms with Gasteiger partial charge in [0.1, 0.15) is 19.0 Å². The number of rotatable bonds is 22. The van der Waals surface area contributed by atoms with Crippen molar-refractivity contribution in [3.05, 3.63) is 89.4 Å². The van der Waals surface area contributed by atoms with Gasteiger partial charge in [0.25, 0.3) is 11.3 Å². The summed E-state index contributed by atoms with van der Waals surface area (Å²) in [6.45, 7) is 15.3. The molecule has 3 aromatic carbocycles. The Kier molecular flexibility index (Phi) is 15.0. The van der Waals surface area contributed by atoms with Crippen LogP contribution in [0.1, 0.15) is 102 Å². The number of hydrogen-bond acceptors (Lipinski definition) is 9. The Morgan fingerprint density at radius 1 is 0.727 bits per heavy atom. The van der Waals surface area contributed by atoms with Gasteiger partial charge in [-0.2, -0.15) is 13.1 Å². The highest BCUT2D eigenvalue weighted by atomic mass is 32.2. The lowest BCUT2D eigenvalue weighted by Gasteiger charge is -2.17. The van der Waals surface area contributed by atoms with Crippen LogP contribution in [-0.2, 0) is 27.9 Å². The van der Waals surface area contributed by atoms with E-state index in [9.17, 15) is 8.42 Å². The van der Waals surface area contributed by atoms with Crippen molar-refractivity contribution in [1.82, 2.24) is 24.5 Å². The topological polar surface area (TPSA) is 150 Å². The molecule has 0 spiro atoms. The molecule has 0 aliphatic carbocycles. The Labute approximate surface area is 329 Å². The van der Waals surface area contributed by atoms with Crippen LogP contribution in [0.25, 0.3) is 5.65 Å². The van der Waals surface area contributed by atoms with Crippen LogP contribution in [0, 0.1) is 13.8 Å². The third-order valence-electron chi connectivity index (χ3n) is 8.65. The first-order valence-electron chi connectivity index (χ1n) is 18.8. The standard InChI is InChI=1S/C40H54N6O7S2/c1-8-9-10-11-12-13-22-50-34-21-17-31(26-36(34)53-54(47)44-30(4)39-42-41-38-27-37(40(5,6)7)43-46(38)39)45-55(48)52-35-25-29(3)16-20-33(35)51-24-23-49-32-18-14-28(2)15-19-32/h14-21,25-27,30,43-45H,8-13,22-24H2,1-7H3. The smallest absolute Gasteiger partial charge is 0.316 e. The van der Waals surface area contributed by atoms with E-state index >= 15 is 0 Å². The molecule has 0 fully saturated rings. The Balaban J connectivity index is 1.24. The summed E-state index contributed by atoms with van der Waals surface area (Å²) in [5, 5.41) is 11.9. The second kappa shape index (κ2) is 19.8. The largest absolute Gasteiger partial charge is 0.490 e. The number of aromatic nitrogens is 4. The first kappa shape index (κ1) is 41.6. The van der Waals surface area contributed by atoms with E-state index in [1.807, 2.05) is 57.2 Å². The summed E-state index contributed by atoms with van der Waals surface area (Å²) in [5.74, 6) is 2.61. The minimum atomic E-state index is -2.04.